The van der Waals surface area contributed by atoms with Crippen LogP contribution in [0.25, 0.3) is 0 Å². The number of nitrogens with zero attached hydrogens (tertiary/aromatic N) is 1. The van der Waals surface area contributed by atoms with E-state index < -0.39 is 0 Å². The lowest BCUT2D eigenvalue weighted by Gasteiger charge is -2.01. The summed E-state index contributed by atoms with van der Waals surface area (Å²) in [5.41, 5.74) is 10.9. The van der Waals surface area contributed by atoms with E-state index in [2.05, 4.69) is 4.99 Å². The first kappa shape index (κ1) is 12.2. The second-order valence-electron chi connectivity index (χ2n) is 2.45. The topological polar surface area (TPSA) is 90.7 Å². The molecule has 78 valence electrons. The molecule has 0 unspecified atom stereocenters. The highest BCUT2D eigenvalue weighted by molar-refractivity contribution is 5.92. The minimum Gasteiger partial charge on any atom is -0.480 e. The molecular weight excluding hydrogens is 182 g/mol. The maximum atomic E-state index is 10.4. The Labute approximate surface area is 83.1 Å². The second kappa shape index (κ2) is 6.71. The van der Waals surface area contributed by atoms with E-state index >= 15 is 0 Å². The lowest BCUT2D eigenvalue weighted by Crippen LogP contribution is -2.13. The molecule has 0 radical (unpaired) electrons. The summed E-state index contributed by atoms with van der Waals surface area (Å²) >= 11 is 0. The van der Waals surface area contributed by atoms with Gasteiger partial charge in [0.2, 0.25) is 11.8 Å². The van der Waals surface area contributed by atoms with Crippen LogP contribution < -0.4 is 11.5 Å². The smallest absolute Gasteiger partial charge is 0.231 e. The maximum absolute atomic E-state index is 10.4. The highest BCUT2D eigenvalue weighted by Crippen LogP contribution is 1.92. The highest BCUT2D eigenvalue weighted by atomic mass is 16.5. The normalized spacial score (nSPS) is 13.3. The molecule has 14 heavy (non-hydrogen) atoms. The van der Waals surface area contributed by atoms with Crippen LogP contribution in [0.2, 0.25) is 0 Å². The molecule has 0 aromatic heterocycles. The number of hydrogen-bond acceptors (Lipinski definition) is 4. The van der Waals surface area contributed by atoms with Crippen LogP contribution in [0.5, 0.6) is 0 Å². The number of hydrogen-bond donors (Lipinski definition) is 2. The average molecular weight is 197 g/mol. The SMILES string of the molecule is C/N=C(OC)/C(N)=C/C=C\CC(N)=O. The Morgan fingerprint density at radius 3 is 2.57 bits per heavy atom. The molecule has 0 aliphatic heterocycles. The van der Waals surface area contributed by atoms with E-state index in [9.17, 15) is 4.79 Å². The van der Waals surface area contributed by atoms with Gasteiger partial charge in [-0.1, -0.05) is 12.2 Å². The van der Waals surface area contributed by atoms with Crippen molar-refractivity contribution in [1.29, 1.82) is 0 Å². The summed E-state index contributed by atoms with van der Waals surface area (Å²) in [5.74, 6) is -0.0296. The number of allylic oxidation sites excluding steroid dienone is 2. The van der Waals surface area contributed by atoms with Gasteiger partial charge in [-0.15, -0.1) is 0 Å². The van der Waals surface area contributed by atoms with E-state index in [-0.39, 0.29) is 12.3 Å². The number of rotatable bonds is 4. The van der Waals surface area contributed by atoms with E-state index in [0.717, 1.165) is 0 Å². The van der Waals surface area contributed by atoms with E-state index in [1.807, 2.05) is 0 Å². The van der Waals surface area contributed by atoms with Crippen LogP contribution in [0.1, 0.15) is 6.42 Å². The van der Waals surface area contributed by atoms with E-state index in [1.54, 1.807) is 25.3 Å². The summed E-state index contributed by atoms with van der Waals surface area (Å²) < 4.78 is 4.87. The molecule has 5 nitrogen and oxygen atoms in total. The molecule has 0 fully saturated rings. The van der Waals surface area contributed by atoms with Gasteiger partial charge in [-0.3, -0.25) is 9.79 Å². The molecule has 0 saturated heterocycles. The van der Waals surface area contributed by atoms with Crippen molar-refractivity contribution in [3.05, 3.63) is 23.9 Å². The van der Waals surface area contributed by atoms with Crippen LogP contribution in [0.3, 0.4) is 0 Å². The molecule has 0 aliphatic rings. The summed E-state index contributed by atoms with van der Waals surface area (Å²) in [7, 11) is 3.06. The van der Waals surface area contributed by atoms with Gasteiger partial charge in [-0.25, -0.2) is 0 Å². The highest BCUT2D eigenvalue weighted by Gasteiger charge is 1.97. The van der Waals surface area contributed by atoms with Gasteiger partial charge in [0.25, 0.3) is 0 Å². The molecule has 0 atom stereocenters. The summed E-state index contributed by atoms with van der Waals surface area (Å²) in [6.45, 7) is 0. The van der Waals surface area contributed by atoms with Crippen LogP contribution in [-0.2, 0) is 9.53 Å². The van der Waals surface area contributed by atoms with Crippen molar-refractivity contribution in [3.8, 4) is 0 Å². The van der Waals surface area contributed by atoms with Gasteiger partial charge >= 0.3 is 0 Å². The van der Waals surface area contributed by atoms with Crippen molar-refractivity contribution in [1.82, 2.24) is 0 Å². The van der Waals surface area contributed by atoms with Crippen molar-refractivity contribution in [3.63, 3.8) is 0 Å². The number of aliphatic imine (C=N–C) groups is 1. The molecule has 0 aromatic carbocycles. The van der Waals surface area contributed by atoms with Crippen LogP contribution in [0.15, 0.2) is 28.9 Å². The predicted molar refractivity (Wildman–Crippen MR) is 55.6 cm³/mol. The van der Waals surface area contributed by atoms with Crippen LogP contribution >= 0.6 is 0 Å². The third kappa shape index (κ3) is 4.97. The fourth-order valence-electron chi connectivity index (χ4n) is 0.765. The molecule has 0 rings (SSSR count). The van der Waals surface area contributed by atoms with Crippen LogP contribution in [0.4, 0.5) is 0 Å². The molecule has 0 heterocycles. The number of carbonyl (C=O) groups is 1. The van der Waals surface area contributed by atoms with Crippen LogP contribution in [-0.4, -0.2) is 26.0 Å². The monoisotopic (exact) mass is 197 g/mol. The number of primary amides is 1. The molecule has 0 bridgehead atoms. The van der Waals surface area contributed by atoms with Gasteiger partial charge in [0, 0.05) is 13.5 Å². The fraction of sp³-hybridized carbons (Fsp3) is 0.333. The van der Waals surface area contributed by atoms with E-state index in [4.69, 9.17) is 16.2 Å². The number of ether oxygens (including phenoxy) is 1. The third-order valence-electron chi connectivity index (χ3n) is 1.37. The zero-order valence-electron chi connectivity index (χ0n) is 8.36. The molecular formula is C9H15N3O2. The summed E-state index contributed by atoms with van der Waals surface area (Å²) in [4.78, 5) is 14.2. The van der Waals surface area contributed by atoms with E-state index in [0.29, 0.717) is 11.6 Å². The van der Waals surface area contributed by atoms with Crippen molar-refractivity contribution in [2.24, 2.45) is 16.5 Å². The molecule has 1 amide bonds. The van der Waals surface area contributed by atoms with E-state index in [1.165, 1.54) is 7.11 Å². The first-order valence-corrected chi connectivity index (χ1v) is 4.03. The Morgan fingerprint density at radius 2 is 2.14 bits per heavy atom. The number of carbonyl (C=O) groups excluding carboxylic acids is 1. The average Bonchev–Trinajstić information content (AvgIpc) is 2.14. The fourth-order valence-corrected chi connectivity index (χ4v) is 0.765. The van der Waals surface area contributed by atoms with Crippen molar-refractivity contribution >= 4 is 11.8 Å². The van der Waals surface area contributed by atoms with Crippen molar-refractivity contribution in [2.75, 3.05) is 14.2 Å². The third-order valence-corrected chi connectivity index (χ3v) is 1.37. The lowest BCUT2D eigenvalue weighted by atomic mass is 10.3. The van der Waals surface area contributed by atoms with Crippen molar-refractivity contribution < 1.29 is 9.53 Å². The quantitative estimate of drug-likeness (QED) is 0.375. The Kier molecular flexibility index (Phi) is 5.85. The second-order valence-corrected chi connectivity index (χ2v) is 2.45. The van der Waals surface area contributed by atoms with Gasteiger partial charge in [0.15, 0.2) is 0 Å². The van der Waals surface area contributed by atoms with Gasteiger partial charge in [-0.2, -0.15) is 0 Å². The lowest BCUT2D eigenvalue weighted by molar-refractivity contribution is -0.117. The zero-order valence-corrected chi connectivity index (χ0v) is 8.36. The Balaban J connectivity index is 4.24. The summed E-state index contributed by atoms with van der Waals surface area (Å²) in [5, 5.41) is 0. The molecule has 0 aliphatic carbocycles. The predicted octanol–water partition coefficient (Wildman–Crippen LogP) is -0.0647. The van der Waals surface area contributed by atoms with Gasteiger partial charge in [0.1, 0.15) is 0 Å². The standard InChI is InChI=1S/C9H15N3O2/c1-12-9(14-2)7(10)5-3-4-6-8(11)13/h3-5H,6,10H2,1-2H3,(H2,11,13)/b4-3-,7-5-,12-9-. The van der Waals surface area contributed by atoms with Crippen molar-refractivity contribution in [2.45, 2.75) is 6.42 Å². The zero-order chi connectivity index (χ0) is 11.0. The largest absolute Gasteiger partial charge is 0.480 e. The maximum Gasteiger partial charge on any atom is 0.231 e. The number of amides is 1. The number of methoxy groups -OCH3 is 1. The first-order chi connectivity index (χ1) is 6.61. The molecule has 4 N–H and O–H groups in total. The Bertz CT molecular complexity index is 280. The Hall–Kier alpha value is -1.78. The van der Waals surface area contributed by atoms with Gasteiger partial charge in [0.05, 0.1) is 12.8 Å². The van der Waals surface area contributed by atoms with Gasteiger partial charge < -0.3 is 16.2 Å². The van der Waals surface area contributed by atoms with Crippen LogP contribution in [0, 0.1) is 0 Å². The molecule has 0 saturated carbocycles. The minimum atomic E-state index is -0.385. The molecule has 5 heteroatoms. The Morgan fingerprint density at radius 1 is 1.50 bits per heavy atom. The summed E-state index contributed by atoms with van der Waals surface area (Å²) in [6.07, 6.45) is 5.02. The molecule has 0 spiro atoms. The molecule has 0 aromatic rings. The van der Waals surface area contributed by atoms with Gasteiger partial charge in [-0.05, 0) is 6.08 Å². The first-order valence-electron chi connectivity index (χ1n) is 4.03. The minimum absolute atomic E-state index is 0.190. The summed E-state index contributed by atoms with van der Waals surface area (Å²) in [6, 6.07) is 0. The number of nitrogens with two attached hydrogens (primary N) is 2.